The van der Waals surface area contributed by atoms with Crippen molar-refractivity contribution < 1.29 is 4.79 Å². The van der Waals surface area contributed by atoms with Gasteiger partial charge in [-0.3, -0.25) is 4.79 Å². The molecular formula is C15H19N3OS2. The minimum atomic E-state index is -0.0489. The number of hydrogen-bond acceptors (Lipinski definition) is 5. The van der Waals surface area contributed by atoms with Crippen molar-refractivity contribution in [3.8, 4) is 0 Å². The number of carbonyl (C=O) groups excluding carboxylic acids is 1. The molecule has 2 aromatic rings. The largest absolute Gasteiger partial charge is 0.362 e. The summed E-state index contributed by atoms with van der Waals surface area (Å²) in [7, 11) is 0. The number of hydrogen-bond donors (Lipinski definition) is 2. The van der Waals surface area contributed by atoms with Crippen LogP contribution in [-0.4, -0.2) is 17.4 Å². The standard InChI is InChI=1S/C15H19N3OS2/c1-3-8-16-15-17-9-14(21-15)10-20-13-6-4-12(5-7-13)18-11(2)19/h4-7,9H,3,8,10H2,1-2H3,(H,16,17)(H,18,19). The van der Waals surface area contributed by atoms with Crippen molar-refractivity contribution in [3.63, 3.8) is 0 Å². The number of nitrogens with one attached hydrogen (secondary N) is 2. The first-order valence-electron chi connectivity index (χ1n) is 6.86. The zero-order valence-electron chi connectivity index (χ0n) is 12.2. The van der Waals surface area contributed by atoms with Crippen molar-refractivity contribution in [1.82, 2.24) is 4.98 Å². The molecule has 0 aliphatic rings. The summed E-state index contributed by atoms with van der Waals surface area (Å²) in [5, 5.41) is 7.05. The third-order valence-corrected chi connectivity index (χ3v) is 4.83. The molecule has 0 bridgehead atoms. The van der Waals surface area contributed by atoms with Gasteiger partial charge in [-0.25, -0.2) is 4.98 Å². The Bertz CT molecular complexity index is 581. The van der Waals surface area contributed by atoms with Gasteiger partial charge in [0.1, 0.15) is 0 Å². The Morgan fingerprint density at radius 3 is 2.76 bits per heavy atom. The lowest BCUT2D eigenvalue weighted by Crippen LogP contribution is -2.05. The average molecular weight is 321 g/mol. The maximum absolute atomic E-state index is 11.0. The van der Waals surface area contributed by atoms with E-state index in [2.05, 4.69) is 22.5 Å². The van der Waals surface area contributed by atoms with Gasteiger partial charge in [0.15, 0.2) is 5.13 Å². The second-order valence-corrected chi connectivity index (χ2v) is 6.72. The Labute approximate surface area is 133 Å². The highest BCUT2D eigenvalue weighted by Crippen LogP contribution is 2.28. The molecule has 2 N–H and O–H groups in total. The molecule has 4 nitrogen and oxygen atoms in total. The Morgan fingerprint density at radius 1 is 1.33 bits per heavy atom. The Balaban J connectivity index is 1.84. The van der Waals surface area contributed by atoms with Crippen LogP contribution in [0.2, 0.25) is 0 Å². The highest BCUT2D eigenvalue weighted by molar-refractivity contribution is 7.98. The second kappa shape index (κ2) is 8.05. The molecule has 0 radical (unpaired) electrons. The van der Waals surface area contributed by atoms with E-state index in [1.807, 2.05) is 30.5 Å². The predicted octanol–water partition coefficient (Wildman–Crippen LogP) is 4.22. The number of anilines is 2. The summed E-state index contributed by atoms with van der Waals surface area (Å²) in [6.07, 6.45) is 3.03. The number of amides is 1. The topological polar surface area (TPSA) is 54.0 Å². The van der Waals surface area contributed by atoms with Gasteiger partial charge < -0.3 is 10.6 Å². The fraction of sp³-hybridized carbons (Fsp3) is 0.333. The van der Waals surface area contributed by atoms with E-state index < -0.39 is 0 Å². The van der Waals surface area contributed by atoms with E-state index in [1.54, 1.807) is 23.1 Å². The number of thiazole rings is 1. The highest BCUT2D eigenvalue weighted by atomic mass is 32.2. The van der Waals surface area contributed by atoms with E-state index in [9.17, 15) is 4.79 Å². The third-order valence-electron chi connectivity index (χ3n) is 2.64. The summed E-state index contributed by atoms with van der Waals surface area (Å²) in [6, 6.07) is 7.88. The summed E-state index contributed by atoms with van der Waals surface area (Å²) in [5.74, 6) is 0.859. The molecule has 1 aromatic carbocycles. The van der Waals surface area contributed by atoms with Gasteiger partial charge in [-0.1, -0.05) is 6.92 Å². The van der Waals surface area contributed by atoms with Crippen molar-refractivity contribution in [2.75, 3.05) is 17.2 Å². The van der Waals surface area contributed by atoms with Crippen molar-refractivity contribution in [1.29, 1.82) is 0 Å². The predicted molar refractivity (Wildman–Crippen MR) is 91.2 cm³/mol. The lowest BCUT2D eigenvalue weighted by molar-refractivity contribution is -0.114. The fourth-order valence-corrected chi connectivity index (χ4v) is 3.44. The first kappa shape index (κ1) is 15.9. The van der Waals surface area contributed by atoms with Crippen molar-refractivity contribution in [3.05, 3.63) is 35.3 Å². The molecule has 1 aromatic heterocycles. The molecule has 0 unspecified atom stereocenters. The van der Waals surface area contributed by atoms with Crippen LogP contribution in [0, 0.1) is 0 Å². The van der Waals surface area contributed by atoms with Crippen LogP contribution in [0.3, 0.4) is 0 Å². The van der Waals surface area contributed by atoms with E-state index >= 15 is 0 Å². The van der Waals surface area contributed by atoms with Crippen LogP contribution < -0.4 is 10.6 Å². The van der Waals surface area contributed by atoms with E-state index in [1.165, 1.54) is 16.7 Å². The first-order valence-corrected chi connectivity index (χ1v) is 8.66. The van der Waals surface area contributed by atoms with Crippen LogP contribution in [-0.2, 0) is 10.5 Å². The maximum Gasteiger partial charge on any atom is 0.221 e. The van der Waals surface area contributed by atoms with Crippen LogP contribution in [0.15, 0.2) is 35.4 Å². The lowest BCUT2D eigenvalue weighted by Gasteiger charge is -2.03. The minimum Gasteiger partial charge on any atom is -0.362 e. The zero-order chi connectivity index (χ0) is 15.1. The molecule has 0 aliphatic heterocycles. The number of benzene rings is 1. The molecular weight excluding hydrogens is 302 g/mol. The molecule has 0 spiro atoms. The van der Waals surface area contributed by atoms with Crippen LogP contribution in [0.1, 0.15) is 25.1 Å². The van der Waals surface area contributed by atoms with Crippen LogP contribution in [0.25, 0.3) is 0 Å². The summed E-state index contributed by atoms with van der Waals surface area (Å²) >= 11 is 3.47. The van der Waals surface area contributed by atoms with Gasteiger partial charge in [-0.15, -0.1) is 23.1 Å². The van der Waals surface area contributed by atoms with Gasteiger partial charge in [-0.2, -0.15) is 0 Å². The molecule has 21 heavy (non-hydrogen) atoms. The van der Waals surface area contributed by atoms with Gasteiger partial charge in [0.2, 0.25) is 5.91 Å². The van der Waals surface area contributed by atoms with Crippen LogP contribution >= 0.6 is 23.1 Å². The summed E-state index contributed by atoms with van der Waals surface area (Å²) in [6.45, 7) is 4.61. The molecule has 0 saturated carbocycles. The zero-order valence-corrected chi connectivity index (χ0v) is 13.8. The summed E-state index contributed by atoms with van der Waals surface area (Å²) in [5.41, 5.74) is 0.829. The van der Waals surface area contributed by atoms with Crippen molar-refractivity contribution >= 4 is 39.8 Å². The Hall–Kier alpha value is -1.53. The second-order valence-electron chi connectivity index (χ2n) is 4.55. The monoisotopic (exact) mass is 321 g/mol. The molecule has 1 heterocycles. The van der Waals surface area contributed by atoms with E-state index in [0.29, 0.717) is 0 Å². The van der Waals surface area contributed by atoms with Crippen molar-refractivity contribution in [2.45, 2.75) is 30.9 Å². The number of nitrogens with zero attached hydrogens (tertiary/aromatic N) is 1. The van der Waals surface area contributed by atoms with Gasteiger partial charge in [0, 0.05) is 40.9 Å². The molecule has 2 rings (SSSR count). The molecule has 0 fully saturated rings. The normalized spacial score (nSPS) is 10.4. The lowest BCUT2D eigenvalue weighted by atomic mass is 10.3. The van der Waals surface area contributed by atoms with Gasteiger partial charge in [-0.05, 0) is 30.7 Å². The van der Waals surface area contributed by atoms with Gasteiger partial charge in [0.05, 0.1) is 0 Å². The summed E-state index contributed by atoms with van der Waals surface area (Å²) < 4.78 is 0. The molecule has 112 valence electrons. The van der Waals surface area contributed by atoms with Gasteiger partial charge >= 0.3 is 0 Å². The Kier molecular flexibility index (Phi) is 6.07. The maximum atomic E-state index is 11.0. The average Bonchev–Trinajstić information content (AvgIpc) is 2.92. The van der Waals surface area contributed by atoms with Crippen molar-refractivity contribution in [2.24, 2.45) is 0 Å². The smallest absolute Gasteiger partial charge is 0.221 e. The van der Waals surface area contributed by atoms with Gasteiger partial charge in [0.25, 0.3) is 0 Å². The molecule has 0 saturated heterocycles. The molecule has 0 atom stereocenters. The molecule has 0 aliphatic carbocycles. The number of aromatic nitrogens is 1. The molecule has 6 heteroatoms. The molecule has 1 amide bonds. The van der Waals surface area contributed by atoms with E-state index in [4.69, 9.17) is 0 Å². The Morgan fingerprint density at radius 2 is 2.10 bits per heavy atom. The highest BCUT2D eigenvalue weighted by Gasteiger charge is 2.03. The summed E-state index contributed by atoms with van der Waals surface area (Å²) in [4.78, 5) is 17.8. The number of rotatable bonds is 7. The van der Waals surface area contributed by atoms with E-state index in [0.717, 1.165) is 29.5 Å². The fourth-order valence-electron chi connectivity index (χ4n) is 1.68. The number of thioether (sulfide) groups is 1. The minimum absolute atomic E-state index is 0.0489. The first-order chi connectivity index (χ1) is 10.2. The number of carbonyl (C=O) groups is 1. The quantitative estimate of drug-likeness (QED) is 0.750. The SMILES string of the molecule is CCCNc1ncc(CSc2ccc(NC(C)=O)cc2)s1. The van der Waals surface area contributed by atoms with Crippen LogP contribution in [0.4, 0.5) is 10.8 Å². The van der Waals surface area contributed by atoms with E-state index in [-0.39, 0.29) is 5.91 Å². The van der Waals surface area contributed by atoms with Crippen LogP contribution in [0.5, 0.6) is 0 Å². The third kappa shape index (κ3) is 5.40.